The van der Waals surface area contributed by atoms with E-state index in [1.165, 1.54) is 33.0 Å². The van der Waals surface area contributed by atoms with Crippen molar-refractivity contribution < 1.29 is 13.2 Å². The Hall–Kier alpha value is -3.11. The summed E-state index contributed by atoms with van der Waals surface area (Å²) in [5.74, 6) is -0.140. The number of nitrogens with one attached hydrogen (secondary N) is 1. The SMILES string of the molecule is CC(C)c1ccc(NC(=O)[C@H]2CCCN(S(=O)(=O)c3ccc(-n4cnnn4)cc3)C2)cc1. The molecule has 0 saturated carbocycles. The quantitative estimate of drug-likeness (QED) is 0.613. The Bertz CT molecular complexity index is 1160. The van der Waals surface area contributed by atoms with Gasteiger partial charge in [-0.1, -0.05) is 26.0 Å². The Morgan fingerprint density at radius 2 is 1.81 bits per heavy atom. The van der Waals surface area contributed by atoms with E-state index >= 15 is 0 Å². The largest absolute Gasteiger partial charge is 0.326 e. The lowest BCUT2D eigenvalue weighted by Crippen LogP contribution is -2.43. The van der Waals surface area contributed by atoms with Gasteiger partial charge in [-0.05, 0) is 71.1 Å². The number of carbonyl (C=O) groups excluding carboxylic acids is 1. The highest BCUT2D eigenvalue weighted by Gasteiger charge is 2.33. The van der Waals surface area contributed by atoms with Crippen LogP contribution in [0.3, 0.4) is 0 Å². The molecule has 2 heterocycles. The van der Waals surface area contributed by atoms with Crippen LogP contribution in [0, 0.1) is 5.92 Å². The van der Waals surface area contributed by atoms with Crippen molar-refractivity contribution in [2.75, 3.05) is 18.4 Å². The highest BCUT2D eigenvalue weighted by Crippen LogP contribution is 2.26. The van der Waals surface area contributed by atoms with E-state index in [-0.39, 0.29) is 17.3 Å². The molecule has 0 aliphatic carbocycles. The standard InChI is InChI=1S/C22H26N6O3S/c1-16(2)17-5-7-19(8-6-17)24-22(29)18-4-3-13-27(14-18)32(30,31)21-11-9-20(10-12-21)28-15-23-25-26-28/h5-12,15-16,18H,3-4,13-14H2,1-2H3,(H,24,29)/t18-/m0/s1. The lowest BCUT2D eigenvalue weighted by Gasteiger charge is -2.31. The van der Waals surface area contributed by atoms with E-state index in [9.17, 15) is 13.2 Å². The smallest absolute Gasteiger partial charge is 0.243 e. The number of piperidine rings is 1. The van der Waals surface area contributed by atoms with Gasteiger partial charge in [0.15, 0.2) is 0 Å². The fourth-order valence-corrected chi connectivity index (χ4v) is 5.29. The van der Waals surface area contributed by atoms with Gasteiger partial charge in [0, 0.05) is 18.8 Å². The van der Waals surface area contributed by atoms with E-state index in [1.54, 1.807) is 12.1 Å². The molecule has 0 radical (unpaired) electrons. The number of tetrazole rings is 1. The molecule has 1 aliphatic heterocycles. The summed E-state index contributed by atoms with van der Waals surface area (Å²) in [5, 5.41) is 13.9. The molecule has 3 aromatic rings. The normalized spacial score (nSPS) is 17.4. The molecule has 0 unspecified atom stereocenters. The molecule has 1 N–H and O–H groups in total. The molecule has 9 nitrogen and oxygen atoms in total. The van der Waals surface area contributed by atoms with Crippen molar-refractivity contribution in [3.63, 3.8) is 0 Å². The average molecular weight is 455 g/mol. The predicted octanol–water partition coefficient (Wildman–Crippen LogP) is 2.83. The van der Waals surface area contributed by atoms with Gasteiger partial charge < -0.3 is 5.32 Å². The number of hydrogen-bond donors (Lipinski definition) is 1. The van der Waals surface area contributed by atoms with E-state index in [1.807, 2.05) is 24.3 Å². The van der Waals surface area contributed by atoms with Gasteiger partial charge in [0.1, 0.15) is 6.33 Å². The molecule has 32 heavy (non-hydrogen) atoms. The van der Waals surface area contributed by atoms with Gasteiger partial charge in [-0.3, -0.25) is 4.79 Å². The Labute approximate surface area is 187 Å². The molecule has 1 aliphatic rings. The van der Waals surface area contributed by atoms with Crippen molar-refractivity contribution in [2.45, 2.75) is 37.5 Å². The lowest BCUT2D eigenvalue weighted by atomic mass is 9.98. The van der Waals surface area contributed by atoms with Crippen LogP contribution in [0.5, 0.6) is 0 Å². The van der Waals surface area contributed by atoms with Crippen molar-refractivity contribution in [2.24, 2.45) is 5.92 Å². The molecule has 1 saturated heterocycles. The molecular formula is C22H26N6O3S. The zero-order chi connectivity index (χ0) is 22.7. The number of sulfonamides is 1. The average Bonchev–Trinajstić information content (AvgIpc) is 3.35. The van der Waals surface area contributed by atoms with Gasteiger partial charge in [0.2, 0.25) is 15.9 Å². The summed E-state index contributed by atoms with van der Waals surface area (Å²) >= 11 is 0. The van der Waals surface area contributed by atoms with Crippen LogP contribution in [0.4, 0.5) is 5.69 Å². The molecule has 168 valence electrons. The molecule has 2 aromatic carbocycles. The van der Waals surface area contributed by atoms with Crippen LogP contribution in [0.25, 0.3) is 5.69 Å². The molecule has 1 aromatic heterocycles. The molecule has 1 amide bonds. The van der Waals surface area contributed by atoms with Crippen LogP contribution < -0.4 is 5.32 Å². The Morgan fingerprint density at radius 1 is 1.09 bits per heavy atom. The second-order valence-corrected chi connectivity index (χ2v) is 10.2. The number of anilines is 1. The molecular weight excluding hydrogens is 428 g/mol. The third kappa shape index (κ3) is 4.71. The summed E-state index contributed by atoms with van der Waals surface area (Å²) in [6, 6.07) is 14.1. The number of rotatable bonds is 6. The lowest BCUT2D eigenvalue weighted by molar-refractivity contribution is -0.120. The van der Waals surface area contributed by atoms with Crippen LogP contribution in [0.15, 0.2) is 59.8 Å². The van der Waals surface area contributed by atoms with Gasteiger partial charge in [0.25, 0.3) is 0 Å². The van der Waals surface area contributed by atoms with Crippen LogP contribution in [-0.2, 0) is 14.8 Å². The van der Waals surface area contributed by atoms with Crippen LogP contribution in [0.2, 0.25) is 0 Å². The van der Waals surface area contributed by atoms with Gasteiger partial charge >= 0.3 is 0 Å². The minimum Gasteiger partial charge on any atom is -0.326 e. The topological polar surface area (TPSA) is 110 Å². The maximum absolute atomic E-state index is 13.2. The molecule has 1 fully saturated rings. The third-order valence-electron chi connectivity index (χ3n) is 5.69. The fourth-order valence-electron chi connectivity index (χ4n) is 3.77. The number of nitrogens with zero attached hydrogens (tertiary/aromatic N) is 5. The number of benzene rings is 2. The van der Waals surface area contributed by atoms with E-state index in [0.717, 1.165) is 5.69 Å². The summed E-state index contributed by atoms with van der Waals surface area (Å²) < 4.78 is 29.2. The van der Waals surface area contributed by atoms with Gasteiger partial charge in [-0.2, -0.15) is 4.31 Å². The predicted molar refractivity (Wildman–Crippen MR) is 120 cm³/mol. The first-order valence-corrected chi connectivity index (χ1v) is 12.0. The minimum atomic E-state index is -3.71. The Balaban J connectivity index is 1.43. The van der Waals surface area contributed by atoms with Gasteiger partial charge in [-0.15, -0.1) is 5.10 Å². The summed E-state index contributed by atoms with van der Waals surface area (Å²) in [5.41, 5.74) is 2.58. The highest BCUT2D eigenvalue weighted by atomic mass is 32.2. The molecule has 0 spiro atoms. The molecule has 1 atom stereocenters. The first-order valence-electron chi connectivity index (χ1n) is 10.6. The van der Waals surface area contributed by atoms with Crippen LogP contribution in [0.1, 0.15) is 38.2 Å². The van der Waals surface area contributed by atoms with E-state index in [0.29, 0.717) is 31.0 Å². The Kier molecular flexibility index (Phi) is 6.33. The van der Waals surface area contributed by atoms with Crippen molar-refractivity contribution in [1.82, 2.24) is 24.5 Å². The molecule has 10 heteroatoms. The van der Waals surface area contributed by atoms with Gasteiger partial charge in [-0.25, -0.2) is 13.1 Å². The van der Waals surface area contributed by atoms with E-state index < -0.39 is 15.9 Å². The monoisotopic (exact) mass is 454 g/mol. The fraction of sp³-hybridized carbons (Fsp3) is 0.364. The zero-order valence-corrected chi connectivity index (χ0v) is 18.9. The zero-order valence-electron chi connectivity index (χ0n) is 18.0. The number of aromatic nitrogens is 4. The highest BCUT2D eigenvalue weighted by molar-refractivity contribution is 7.89. The van der Waals surface area contributed by atoms with Crippen LogP contribution in [-0.4, -0.2) is 51.9 Å². The van der Waals surface area contributed by atoms with Crippen molar-refractivity contribution in [3.05, 3.63) is 60.4 Å². The summed E-state index contributed by atoms with van der Waals surface area (Å²) in [6.45, 7) is 4.78. The van der Waals surface area contributed by atoms with E-state index in [4.69, 9.17) is 0 Å². The van der Waals surface area contributed by atoms with Crippen molar-refractivity contribution >= 4 is 21.6 Å². The number of hydrogen-bond acceptors (Lipinski definition) is 6. The van der Waals surface area contributed by atoms with Crippen molar-refractivity contribution in [1.29, 1.82) is 0 Å². The second kappa shape index (κ2) is 9.17. The Morgan fingerprint density at radius 3 is 2.44 bits per heavy atom. The first kappa shape index (κ1) is 22.1. The van der Waals surface area contributed by atoms with E-state index in [2.05, 4.69) is 34.7 Å². The second-order valence-electron chi connectivity index (χ2n) is 8.22. The number of amides is 1. The maximum Gasteiger partial charge on any atom is 0.243 e. The first-order chi connectivity index (χ1) is 15.3. The van der Waals surface area contributed by atoms with Crippen LogP contribution >= 0.6 is 0 Å². The molecule has 0 bridgehead atoms. The van der Waals surface area contributed by atoms with Gasteiger partial charge in [0.05, 0.1) is 16.5 Å². The summed E-state index contributed by atoms with van der Waals surface area (Å²) in [6.07, 6.45) is 2.72. The summed E-state index contributed by atoms with van der Waals surface area (Å²) in [4.78, 5) is 13.0. The molecule has 4 rings (SSSR count). The van der Waals surface area contributed by atoms with Crippen molar-refractivity contribution in [3.8, 4) is 5.69 Å². The minimum absolute atomic E-state index is 0.156. The third-order valence-corrected chi connectivity index (χ3v) is 7.57. The summed E-state index contributed by atoms with van der Waals surface area (Å²) in [7, 11) is -3.71. The maximum atomic E-state index is 13.2. The number of carbonyl (C=O) groups is 1.